The molecule has 1 rings (SSSR count). The molecule has 0 amide bonds. The van der Waals surface area contributed by atoms with E-state index in [1.54, 1.807) is 6.08 Å². The van der Waals surface area contributed by atoms with Gasteiger partial charge in [-0.25, -0.2) is 0 Å². The van der Waals surface area contributed by atoms with E-state index in [4.69, 9.17) is 0 Å². The number of ketones is 1. The van der Waals surface area contributed by atoms with E-state index < -0.39 is 6.10 Å². The van der Waals surface area contributed by atoms with E-state index in [1.807, 2.05) is 37.3 Å². The van der Waals surface area contributed by atoms with Crippen molar-refractivity contribution in [1.29, 1.82) is 0 Å². The van der Waals surface area contributed by atoms with Gasteiger partial charge in [0.1, 0.15) is 6.10 Å². The first-order valence-corrected chi connectivity index (χ1v) is 5.69. The van der Waals surface area contributed by atoms with E-state index in [0.717, 1.165) is 18.4 Å². The molecule has 2 nitrogen and oxygen atoms in total. The minimum atomic E-state index is -0.847. The van der Waals surface area contributed by atoms with Crippen LogP contribution in [0.1, 0.15) is 31.7 Å². The van der Waals surface area contributed by atoms with E-state index in [0.29, 0.717) is 6.42 Å². The van der Waals surface area contributed by atoms with Crippen LogP contribution in [0.15, 0.2) is 36.4 Å². The zero-order valence-electron chi connectivity index (χ0n) is 9.60. The molecule has 0 aliphatic rings. The number of benzene rings is 1. The van der Waals surface area contributed by atoms with Crippen LogP contribution < -0.4 is 0 Å². The Bertz CT molecular complexity index is 341. The van der Waals surface area contributed by atoms with Gasteiger partial charge in [-0.3, -0.25) is 4.79 Å². The third kappa shape index (κ3) is 4.41. The van der Waals surface area contributed by atoms with Gasteiger partial charge in [-0.1, -0.05) is 56.2 Å². The Morgan fingerprint density at radius 1 is 1.38 bits per heavy atom. The Kier molecular flexibility index (Phi) is 5.51. The number of carbonyl (C=O) groups is 1. The number of carbonyl (C=O) groups excluding carboxylic acids is 1. The molecule has 86 valence electrons. The highest BCUT2D eigenvalue weighted by molar-refractivity contribution is 5.96. The summed E-state index contributed by atoms with van der Waals surface area (Å²) < 4.78 is 0. The summed E-state index contributed by atoms with van der Waals surface area (Å²) in [5, 5.41) is 9.53. The lowest BCUT2D eigenvalue weighted by molar-refractivity contribution is -0.122. The molecule has 1 atom stereocenters. The number of hydrogen-bond acceptors (Lipinski definition) is 2. The minimum absolute atomic E-state index is 0.211. The third-order valence-corrected chi connectivity index (χ3v) is 2.40. The number of aliphatic hydroxyl groups excluding tert-OH is 1. The molecule has 0 aliphatic carbocycles. The van der Waals surface area contributed by atoms with Crippen molar-refractivity contribution < 1.29 is 9.90 Å². The molecule has 0 aliphatic heterocycles. The summed E-state index contributed by atoms with van der Waals surface area (Å²) in [6.45, 7) is 2.04. The normalized spacial score (nSPS) is 12.9. The maximum absolute atomic E-state index is 11.5. The van der Waals surface area contributed by atoms with Crippen molar-refractivity contribution in [1.82, 2.24) is 0 Å². The summed E-state index contributed by atoms with van der Waals surface area (Å²) in [6, 6.07) is 9.59. The Morgan fingerprint density at radius 2 is 2.06 bits per heavy atom. The van der Waals surface area contributed by atoms with Crippen LogP contribution in [0.2, 0.25) is 0 Å². The van der Waals surface area contributed by atoms with Gasteiger partial charge in [-0.15, -0.1) is 0 Å². The van der Waals surface area contributed by atoms with Crippen LogP contribution >= 0.6 is 0 Å². The lowest BCUT2D eigenvalue weighted by Gasteiger charge is -2.04. The SMILES string of the molecule is CCCCC(O)C(=O)/C=C/c1ccccc1. The van der Waals surface area contributed by atoms with Crippen LogP contribution in [0.4, 0.5) is 0 Å². The molecule has 0 bridgehead atoms. The lowest BCUT2D eigenvalue weighted by Crippen LogP contribution is -2.17. The van der Waals surface area contributed by atoms with Gasteiger partial charge in [0.2, 0.25) is 0 Å². The summed E-state index contributed by atoms with van der Waals surface area (Å²) in [5.41, 5.74) is 0.971. The third-order valence-electron chi connectivity index (χ3n) is 2.40. The fraction of sp³-hybridized carbons (Fsp3) is 0.357. The smallest absolute Gasteiger partial charge is 0.184 e. The van der Waals surface area contributed by atoms with Gasteiger partial charge in [0.15, 0.2) is 5.78 Å². The highest BCUT2D eigenvalue weighted by Gasteiger charge is 2.10. The van der Waals surface area contributed by atoms with Crippen molar-refractivity contribution in [2.45, 2.75) is 32.3 Å². The van der Waals surface area contributed by atoms with Crippen molar-refractivity contribution in [2.24, 2.45) is 0 Å². The van der Waals surface area contributed by atoms with E-state index >= 15 is 0 Å². The monoisotopic (exact) mass is 218 g/mol. The molecule has 1 aromatic rings. The van der Waals surface area contributed by atoms with Gasteiger partial charge in [-0.2, -0.15) is 0 Å². The van der Waals surface area contributed by atoms with E-state index in [9.17, 15) is 9.90 Å². The maximum atomic E-state index is 11.5. The van der Waals surface area contributed by atoms with Crippen molar-refractivity contribution in [3.8, 4) is 0 Å². The van der Waals surface area contributed by atoms with Gasteiger partial charge in [0.05, 0.1) is 0 Å². The summed E-state index contributed by atoms with van der Waals surface area (Å²) in [7, 11) is 0. The second-order valence-corrected chi connectivity index (χ2v) is 3.80. The van der Waals surface area contributed by atoms with Gasteiger partial charge >= 0.3 is 0 Å². The van der Waals surface area contributed by atoms with E-state index in [2.05, 4.69) is 0 Å². The minimum Gasteiger partial charge on any atom is -0.385 e. The van der Waals surface area contributed by atoms with Crippen molar-refractivity contribution in [3.63, 3.8) is 0 Å². The molecule has 0 saturated heterocycles. The average molecular weight is 218 g/mol. The van der Waals surface area contributed by atoms with Crippen molar-refractivity contribution >= 4 is 11.9 Å². The molecule has 1 unspecified atom stereocenters. The Labute approximate surface area is 96.6 Å². The summed E-state index contributed by atoms with van der Waals surface area (Å²) in [6.07, 6.45) is 4.76. The first kappa shape index (κ1) is 12.7. The molecule has 0 fully saturated rings. The van der Waals surface area contributed by atoms with Crippen LogP contribution in [-0.4, -0.2) is 17.0 Å². The summed E-state index contributed by atoms with van der Waals surface area (Å²) in [5.74, 6) is -0.211. The number of hydrogen-bond donors (Lipinski definition) is 1. The first-order valence-electron chi connectivity index (χ1n) is 5.69. The van der Waals surface area contributed by atoms with E-state index in [-0.39, 0.29) is 5.78 Å². The van der Waals surface area contributed by atoms with Gasteiger partial charge in [-0.05, 0) is 18.1 Å². The van der Waals surface area contributed by atoms with E-state index in [1.165, 1.54) is 6.08 Å². The molecule has 0 heterocycles. The van der Waals surface area contributed by atoms with Gasteiger partial charge in [0, 0.05) is 0 Å². The van der Waals surface area contributed by atoms with Crippen molar-refractivity contribution in [2.75, 3.05) is 0 Å². The summed E-state index contributed by atoms with van der Waals surface area (Å²) >= 11 is 0. The zero-order chi connectivity index (χ0) is 11.8. The first-order chi connectivity index (χ1) is 7.74. The number of unbranched alkanes of at least 4 members (excludes halogenated alkanes) is 1. The molecule has 1 aromatic carbocycles. The maximum Gasteiger partial charge on any atom is 0.184 e. The highest BCUT2D eigenvalue weighted by Crippen LogP contribution is 2.05. The largest absolute Gasteiger partial charge is 0.385 e. The standard InChI is InChI=1S/C14H18O2/c1-2-3-9-13(15)14(16)11-10-12-7-5-4-6-8-12/h4-8,10-11,13,15H,2-3,9H2,1H3/b11-10+. The summed E-state index contributed by atoms with van der Waals surface area (Å²) in [4.78, 5) is 11.5. The van der Waals surface area contributed by atoms with Crippen LogP contribution in [-0.2, 0) is 4.79 Å². The van der Waals surface area contributed by atoms with Crippen LogP contribution in [0.25, 0.3) is 6.08 Å². The van der Waals surface area contributed by atoms with Crippen LogP contribution in [0.3, 0.4) is 0 Å². The Morgan fingerprint density at radius 3 is 2.69 bits per heavy atom. The van der Waals surface area contributed by atoms with Gasteiger partial charge < -0.3 is 5.11 Å². The fourth-order valence-corrected chi connectivity index (χ4v) is 1.39. The second kappa shape index (κ2) is 6.96. The number of rotatable bonds is 6. The van der Waals surface area contributed by atoms with Crippen LogP contribution in [0.5, 0.6) is 0 Å². The Hall–Kier alpha value is -1.41. The topological polar surface area (TPSA) is 37.3 Å². The molecular weight excluding hydrogens is 200 g/mol. The average Bonchev–Trinajstić information content (AvgIpc) is 2.34. The molecule has 2 heteroatoms. The molecule has 0 spiro atoms. The van der Waals surface area contributed by atoms with Crippen LogP contribution in [0, 0.1) is 0 Å². The molecule has 16 heavy (non-hydrogen) atoms. The quantitative estimate of drug-likeness (QED) is 0.745. The predicted molar refractivity (Wildman–Crippen MR) is 66.0 cm³/mol. The lowest BCUT2D eigenvalue weighted by atomic mass is 10.1. The molecule has 1 N–H and O–H groups in total. The molecular formula is C14H18O2. The Balaban J connectivity index is 2.48. The molecule has 0 radical (unpaired) electrons. The number of aliphatic hydroxyl groups is 1. The molecule has 0 saturated carbocycles. The highest BCUT2D eigenvalue weighted by atomic mass is 16.3. The van der Waals surface area contributed by atoms with Gasteiger partial charge in [0.25, 0.3) is 0 Å². The predicted octanol–water partition coefficient (Wildman–Crippen LogP) is 2.82. The fourth-order valence-electron chi connectivity index (χ4n) is 1.39. The molecule has 0 aromatic heterocycles. The zero-order valence-corrected chi connectivity index (χ0v) is 9.60. The second-order valence-electron chi connectivity index (χ2n) is 3.80. The van der Waals surface area contributed by atoms with Crippen molar-refractivity contribution in [3.05, 3.63) is 42.0 Å².